The molecule has 1 heterocycles. The molecule has 1 unspecified atom stereocenters. The number of fused-ring (bicyclic) bond motifs is 1. The number of aromatic nitrogens is 1. The molecule has 1 aliphatic rings. The van der Waals surface area contributed by atoms with Crippen LogP contribution >= 0.6 is 0 Å². The lowest BCUT2D eigenvalue weighted by Crippen LogP contribution is -2.38. The molecule has 29 heavy (non-hydrogen) atoms. The van der Waals surface area contributed by atoms with Crippen molar-refractivity contribution >= 4 is 16.9 Å². The molecule has 0 aliphatic heterocycles. The average molecular weight is 400 g/mol. The minimum Gasteiger partial charge on any atom is -0.494 e. The van der Waals surface area contributed by atoms with Crippen LogP contribution in [0.2, 0.25) is 0 Å². The Balaban J connectivity index is 1.42. The van der Waals surface area contributed by atoms with Crippen molar-refractivity contribution in [2.45, 2.75) is 51.9 Å². The number of hydrogen-bond donors (Lipinski definition) is 2. The molecule has 1 aromatic heterocycles. The largest absolute Gasteiger partial charge is 0.494 e. The monoisotopic (exact) mass is 399 g/mol. The first-order chi connectivity index (χ1) is 14.0. The summed E-state index contributed by atoms with van der Waals surface area (Å²) in [5, 5.41) is 0.928. The Labute approximate surface area is 172 Å². The van der Waals surface area contributed by atoms with E-state index in [2.05, 4.69) is 11.9 Å². The third kappa shape index (κ3) is 6.24. The maximum Gasteiger partial charge on any atom is 0.314 e. The summed E-state index contributed by atoms with van der Waals surface area (Å²) in [4.78, 5) is 27.7. The van der Waals surface area contributed by atoms with Gasteiger partial charge in [0.1, 0.15) is 5.75 Å². The lowest BCUT2D eigenvalue weighted by atomic mass is 9.79. The van der Waals surface area contributed by atoms with Gasteiger partial charge in [-0.25, -0.2) is 4.79 Å². The third-order valence-electron chi connectivity index (χ3n) is 6.16. The van der Waals surface area contributed by atoms with Gasteiger partial charge in [0.15, 0.2) is 0 Å². The summed E-state index contributed by atoms with van der Waals surface area (Å²) < 4.78 is 5.82. The van der Waals surface area contributed by atoms with Crippen LogP contribution < -0.4 is 16.0 Å². The van der Waals surface area contributed by atoms with Crippen molar-refractivity contribution in [2.24, 2.45) is 17.6 Å². The SMILES string of the molecule is CC(CCN(CCCOc1ccc2[nH]c(=O)ccc2c1)C(N)=O)C1CCCCC1. The van der Waals surface area contributed by atoms with Crippen LogP contribution in [0.4, 0.5) is 4.79 Å². The standard InChI is InChI=1S/C23H33N3O3/c1-17(18-6-3-2-4-7-18)12-14-26(23(24)28)13-5-15-29-20-9-10-21-19(16-20)8-11-22(27)25-21/h8-11,16-18H,2-7,12-15H2,1H3,(H2,24,28)(H,25,27). The predicted molar refractivity (Wildman–Crippen MR) is 116 cm³/mol. The number of nitrogens with one attached hydrogen (secondary N) is 1. The Kier molecular flexibility index (Phi) is 7.55. The number of urea groups is 1. The summed E-state index contributed by atoms with van der Waals surface area (Å²) in [5.41, 5.74) is 6.26. The number of H-pyrrole nitrogens is 1. The number of nitrogens with two attached hydrogens (primary N) is 1. The first-order valence-electron chi connectivity index (χ1n) is 10.8. The fourth-order valence-corrected chi connectivity index (χ4v) is 4.30. The zero-order valence-corrected chi connectivity index (χ0v) is 17.4. The number of hydrogen-bond acceptors (Lipinski definition) is 3. The molecule has 2 aromatic rings. The smallest absolute Gasteiger partial charge is 0.314 e. The van der Waals surface area contributed by atoms with Gasteiger partial charge in [-0.2, -0.15) is 0 Å². The second-order valence-electron chi connectivity index (χ2n) is 8.26. The first kappa shape index (κ1) is 21.2. The van der Waals surface area contributed by atoms with Gasteiger partial charge in [-0.1, -0.05) is 39.0 Å². The second kappa shape index (κ2) is 10.3. The molecule has 0 bridgehead atoms. The minimum absolute atomic E-state index is 0.115. The van der Waals surface area contributed by atoms with Gasteiger partial charge in [0, 0.05) is 30.1 Å². The number of rotatable bonds is 9. The van der Waals surface area contributed by atoms with E-state index >= 15 is 0 Å². The van der Waals surface area contributed by atoms with Crippen LogP contribution in [0.25, 0.3) is 10.9 Å². The number of ether oxygens (including phenoxy) is 1. The number of amides is 2. The number of aromatic amines is 1. The molecule has 6 nitrogen and oxygen atoms in total. The molecule has 2 amide bonds. The average Bonchev–Trinajstić information content (AvgIpc) is 2.73. The van der Waals surface area contributed by atoms with Crippen LogP contribution in [-0.4, -0.2) is 35.6 Å². The van der Waals surface area contributed by atoms with Gasteiger partial charge in [0.2, 0.25) is 5.56 Å². The maximum atomic E-state index is 11.8. The van der Waals surface area contributed by atoms with E-state index in [1.165, 1.54) is 38.2 Å². The number of carbonyl (C=O) groups excluding carboxylic acids is 1. The fourth-order valence-electron chi connectivity index (χ4n) is 4.30. The van der Waals surface area contributed by atoms with Crippen LogP contribution in [0.1, 0.15) is 51.9 Å². The van der Waals surface area contributed by atoms with Crippen LogP contribution in [0.3, 0.4) is 0 Å². The van der Waals surface area contributed by atoms with Gasteiger partial charge >= 0.3 is 6.03 Å². The van der Waals surface area contributed by atoms with Crippen molar-refractivity contribution in [3.63, 3.8) is 0 Å². The number of carbonyl (C=O) groups is 1. The molecule has 0 radical (unpaired) electrons. The van der Waals surface area contributed by atoms with E-state index in [0.29, 0.717) is 19.1 Å². The molecule has 6 heteroatoms. The summed E-state index contributed by atoms with van der Waals surface area (Å²) in [5.74, 6) is 2.18. The predicted octanol–water partition coefficient (Wildman–Crippen LogP) is 4.28. The first-order valence-corrected chi connectivity index (χ1v) is 10.8. The van der Waals surface area contributed by atoms with Gasteiger partial charge in [-0.05, 0) is 48.9 Å². The van der Waals surface area contributed by atoms with E-state index in [1.807, 2.05) is 18.2 Å². The van der Waals surface area contributed by atoms with E-state index in [0.717, 1.165) is 42.0 Å². The Morgan fingerprint density at radius 3 is 2.76 bits per heavy atom. The van der Waals surface area contributed by atoms with Gasteiger partial charge in [0.05, 0.1) is 6.61 Å². The molecule has 3 N–H and O–H groups in total. The molecule has 1 atom stereocenters. The van der Waals surface area contributed by atoms with Crippen LogP contribution in [0, 0.1) is 11.8 Å². The Bertz CT molecular complexity index is 858. The molecule has 0 saturated heterocycles. The summed E-state index contributed by atoms with van der Waals surface area (Å²) in [7, 11) is 0. The molecule has 0 spiro atoms. The highest BCUT2D eigenvalue weighted by atomic mass is 16.5. The molecule has 1 aromatic carbocycles. The van der Waals surface area contributed by atoms with E-state index in [1.54, 1.807) is 11.0 Å². The highest BCUT2D eigenvalue weighted by Gasteiger charge is 2.21. The van der Waals surface area contributed by atoms with E-state index in [-0.39, 0.29) is 11.6 Å². The van der Waals surface area contributed by atoms with Crippen molar-refractivity contribution < 1.29 is 9.53 Å². The number of nitrogens with zero attached hydrogens (tertiary/aromatic N) is 1. The van der Waals surface area contributed by atoms with Crippen molar-refractivity contribution in [2.75, 3.05) is 19.7 Å². The van der Waals surface area contributed by atoms with Gasteiger partial charge in [0.25, 0.3) is 0 Å². The summed E-state index contributed by atoms with van der Waals surface area (Å²) in [6.45, 7) is 4.14. The van der Waals surface area contributed by atoms with Crippen molar-refractivity contribution in [3.8, 4) is 5.75 Å². The van der Waals surface area contributed by atoms with E-state index < -0.39 is 0 Å². The topological polar surface area (TPSA) is 88.4 Å². The highest BCUT2D eigenvalue weighted by Crippen LogP contribution is 2.31. The van der Waals surface area contributed by atoms with Gasteiger partial charge in [-0.15, -0.1) is 0 Å². The zero-order chi connectivity index (χ0) is 20.6. The fraction of sp³-hybridized carbons (Fsp3) is 0.565. The van der Waals surface area contributed by atoms with Crippen molar-refractivity contribution in [1.29, 1.82) is 0 Å². The van der Waals surface area contributed by atoms with E-state index in [9.17, 15) is 9.59 Å². The second-order valence-corrected chi connectivity index (χ2v) is 8.26. The van der Waals surface area contributed by atoms with Crippen LogP contribution in [0.15, 0.2) is 35.1 Å². The Hall–Kier alpha value is -2.50. The molecular weight excluding hydrogens is 366 g/mol. The molecule has 1 fully saturated rings. The lowest BCUT2D eigenvalue weighted by Gasteiger charge is -2.29. The Morgan fingerprint density at radius 2 is 2.00 bits per heavy atom. The van der Waals surface area contributed by atoms with Crippen LogP contribution in [0.5, 0.6) is 5.75 Å². The number of pyridine rings is 1. The minimum atomic E-state index is -0.351. The molecular formula is C23H33N3O3. The van der Waals surface area contributed by atoms with Crippen molar-refractivity contribution in [1.82, 2.24) is 9.88 Å². The quantitative estimate of drug-likeness (QED) is 0.617. The van der Waals surface area contributed by atoms with E-state index in [4.69, 9.17) is 10.5 Å². The summed E-state index contributed by atoms with van der Waals surface area (Å²) in [6, 6.07) is 8.53. The van der Waals surface area contributed by atoms with Crippen molar-refractivity contribution in [3.05, 3.63) is 40.7 Å². The highest BCUT2D eigenvalue weighted by molar-refractivity contribution is 5.79. The Morgan fingerprint density at radius 1 is 1.21 bits per heavy atom. The third-order valence-corrected chi connectivity index (χ3v) is 6.16. The zero-order valence-electron chi connectivity index (χ0n) is 17.4. The van der Waals surface area contributed by atoms with Crippen LogP contribution in [-0.2, 0) is 0 Å². The summed E-state index contributed by atoms with van der Waals surface area (Å²) in [6.07, 6.45) is 8.44. The summed E-state index contributed by atoms with van der Waals surface area (Å²) >= 11 is 0. The molecule has 158 valence electrons. The van der Waals surface area contributed by atoms with Gasteiger partial charge in [-0.3, -0.25) is 4.79 Å². The normalized spacial score (nSPS) is 15.9. The number of benzene rings is 1. The molecule has 1 saturated carbocycles. The molecule has 3 rings (SSSR count). The van der Waals surface area contributed by atoms with Gasteiger partial charge < -0.3 is 20.4 Å². The molecule has 1 aliphatic carbocycles. The number of primary amides is 1. The maximum absolute atomic E-state index is 11.8. The lowest BCUT2D eigenvalue weighted by molar-refractivity contribution is 0.185.